The Bertz CT molecular complexity index is 1030. The Kier molecular flexibility index (Phi) is 58.0. The normalized spacial score (nSPS) is 12.6. The number of aliphatic hydroxyl groups is 2. The van der Waals surface area contributed by atoms with Crippen LogP contribution < -0.4 is 5.32 Å². The third kappa shape index (κ3) is 55.8. The first-order valence-corrected chi connectivity index (χ1v) is 31.4. The Morgan fingerprint density at radius 2 is 0.681 bits per heavy atom. The summed E-state index contributed by atoms with van der Waals surface area (Å²) in [6.45, 7) is 4.97. The molecular weight excluding hydrogens is 851 g/mol. The van der Waals surface area contributed by atoms with E-state index in [9.17, 15) is 19.8 Å². The number of esters is 1. The molecule has 0 radical (unpaired) electrons. The molecule has 69 heavy (non-hydrogen) atoms. The van der Waals surface area contributed by atoms with Crippen molar-refractivity contribution in [3.8, 4) is 0 Å². The maximum Gasteiger partial charge on any atom is 0.305 e. The number of unbranched alkanes of at least 4 members (excludes halogenated alkanes) is 46. The van der Waals surface area contributed by atoms with Crippen LogP contribution in [0.4, 0.5) is 0 Å². The third-order valence-electron chi connectivity index (χ3n) is 14.8. The Morgan fingerprint density at radius 1 is 0.391 bits per heavy atom. The highest BCUT2D eigenvalue weighted by molar-refractivity contribution is 5.76. The zero-order valence-electron chi connectivity index (χ0n) is 46.8. The fourth-order valence-corrected chi connectivity index (χ4v) is 9.99. The quantitative estimate of drug-likeness (QED) is 0.0321. The zero-order chi connectivity index (χ0) is 50.0. The van der Waals surface area contributed by atoms with E-state index in [1.54, 1.807) is 0 Å². The van der Waals surface area contributed by atoms with Crippen molar-refractivity contribution < 1.29 is 24.5 Å². The molecule has 0 aromatic heterocycles. The predicted molar refractivity (Wildman–Crippen MR) is 301 cm³/mol. The van der Waals surface area contributed by atoms with Crippen molar-refractivity contribution in [1.29, 1.82) is 0 Å². The highest BCUT2D eigenvalue weighted by atomic mass is 16.5. The molecule has 0 aromatic carbocycles. The standard InChI is InChI=1S/C63H123NO5/c1-3-5-7-9-11-13-15-17-19-24-28-31-35-39-43-47-51-55-61(66)60(59-65)64-62(67)56-52-48-44-40-36-32-29-25-22-20-21-23-26-30-34-38-42-46-50-54-58-69-63(68)57-53-49-45-41-37-33-27-18-16-14-12-10-8-6-4-2/h18,27,60-61,65-66H,3-17,19-26,28-59H2,1-2H3,(H,64,67)/b27-18-. The van der Waals surface area contributed by atoms with E-state index >= 15 is 0 Å². The summed E-state index contributed by atoms with van der Waals surface area (Å²) in [4.78, 5) is 24.6. The van der Waals surface area contributed by atoms with Crippen molar-refractivity contribution >= 4 is 11.9 Å². The van der Waals surface area contributed by atoms with Gasteiger partial charge in [0.1, 0.15) is 0 Å². The van der Waals surface area contributed by atoms with Crippen LogP contribution in [0.3, 0.4) is 0 Å². The number of hydrogen-bond donors (Lipinski definition) is 3. The summed E-state index contributed by atoms with van der Waals surface area (Å²) in [5, 5.41) is 23.3. The fourth-order valence-electron chi connectivity index (χ4n) is 9.99. The Balaban J connectivity index is 3.39. The molecule has 2 unspecified atom stereocenters. The lowest BCUT2D eigenvalue weighted by molar-refractivity contribution is -0.143. The Labute approximate surface area is 431 Å². The van der Waals surface area contributed by atoms with Crippen LogP contribution >= 0.6 is 0 Å². The first-order valence-electron chi connectivity index (χ1n) is 31.4. The molecule has 0 aliphatic rings. The third-order valence-corrected chi connectivity index (χ3v) is 14.8. The highest BCUT2D eigenvalue weighted by Gasteiger charge is 2.20. The van der Waals surface area contributed by atoms with Crippen LogP contribution in [0.15, 0.2) is 12.2 Å². The van der Waals surface area contributed by atoms with Gasteiger partial charge in [0.05, 0.1) is 25.4 Å². The maximum absolute atomic E-state index is 12.5. The van der Waals surface area contributed by atoms with Gasteiger partial charge < -0.3 is 20.3 Å². The van der Waals surface area contributed by atoms with Crippen molar-refractivity contribution in [2.75, 3.05) is 13.2 Å². The second-order valence-electron chi connectivity index (χ2n) is 21.7. The number of nitrogens with one attached hydrogen (secondary N) is 1. The number of carbonyl (C=O) groups excluding carboxylic acids is 2. The summed E-state index contributed by atoms with van der Waals surface area (Å²) < 4.78 is 5.48. The summed E-state index contributed by atoms with van der Waals surface area (Å²) in [5.74, 6) is -0.0302. The summed E-state index contributed by atoms with van der Waals surface area (Å²) in [7, 11) is 0. The highest BCUT2D eigenvalue weighted by Crippen LogP contribution is 2.18. The molecule has 0 fully saturated rings. The van der Waals surface area contributed by atoms with E-state index in [2.05, 4.69) is 31.3 Å². The summed E-state index contributed by atoms with van der Waals surface area (Å²) in [6, 6.07) is -0.542. The average Bonchev–Trinajstić information content (AvgIpc) is 3.35. The van der Waals surface area contributed by atoms with E-state index in [1.807, 2.05) is 0 Å². The van der Waals surface area contributed by atoms with Crippen LogP contribution in [0, 0.1) is 0 Å². The van der Waals surface area contributed by atoms with Crippen molar-refractivity contribution in [2.24, 2.45) is 0 Å². The number of hydrogen-bond acceptors (Lipinski definition) is 5. The van der Waals surface area contributed by atoms with Crippen LogP contribution in [0.25, 0.3) is 0 Å². The average molecular weight is 975 g/mol. The first-order chi connectivity index (χ1) is 34.0. The monoisotopic (exact) mass is 974 g/mol. The van der Waals surface area contributed by atoms with E-state index in [0.717, 1.165) is 44.9 Å². The van der Waals surface area contributed by atoms with Crippen molar-refractivity contribution in [3.05, 3.63) is 12.2 Å². The molecule has 1 amide bonds. The van der Waals surface area contributed by atoms with Crippen LogP contribution in [-0.2, 0) is 14.3 Å². The van der Waals surface area contributed by atoms with E-state index in [1.165, 1.54) is 276 Å². The van der Waals surface area contributed by atoms with Gasteiger partial charge in [0.15, 0.2) is 0 Å². The number of allylic oxidation sites excluding steroid dienone is 2. The van der Waals surface area contributed by atoms with Crippen molar-refractivity contribution in [1.82, 2.24) is 5.32 Å². The van der Waals surface area contributed by atoms with Gasteiger partial charge >= 0.3 is 5.97 Å². The molecule has 0 heterocycles. The minimum atomic E-state index is -0.665. The molecule has 2 atom stereocenters. The summed E-state index contributed by atoms with van der Waals surface area (Å²) in [5.41, 5.74) is 0. The minimum absolute atomic E-state index is 0.00357. The van der Waals surface area contributed by atoms with Gasteiger partial charge in [0.25, 0.3) is 0 Å². The van der Waals surface area contributed by atoms with Gasteiger partial charge in [0.2, 0.25) is 5.91 Å². The number of carbonyl (C=O) groups is 2. The topological polar surface area (TPSA) is 95.9 Å². The van der Waals surface area contributed by atoms with Gasteiger partial charge in [-0.05, 0) is 51.4 Å². The van der Waals surface area contributed by atoms with Crippen LogP contribution in [0.1, 0.15) is 354 Å². The molecule has 0 aromatic rings. The predicted octanol–water partition coefficient (Wildman–Crippen LogP) is 19.6. The van der Waals surface area contributed by atoms with Gasteiger partial charge in [-0.1, -0.05) is 302 Å². The smallest absolute Gasteiger partial charge is 0.305 e. The molecule has 0 saturated carbocycles. The largest absolute Gasteiger partial charge is 0.466 e. The second kappa shape index (κ2) is 59.2. The summed E-state index contributed by atoms with van der Waals surface area (Å²) in [6.07, 6.45) is 70.7. The number of aliphatic hydroxyl groups excluding tert-OH is 2. The lowest BCUT2D eigenvalue weighted by Gasteiger charge is -2.22. The van der Waals surface area contributed by atoms with Crippen molar-refractivity contribution in [3.63, 3.8) is 0 Å². The van der Waals surface area contributed by atoms with Gasteiger partial charge in [-0.15, -0.1) is 0 Å². The molecule has 6 heteroatoms. The zero-order valence-corrected chi connectivity index (χ0v) is 46.8. The molecular formula is C63H123NO5. The molecule has 6 nitrogen and oxygen atoms in total. The van der Waals surface area contributed by atoms with Gasteiger partial charge in [-0.3, -0.25) is 9.59 Å². The van der Waals surface area contributed by atoms with E-state index in [4.69, 9.17) is 4.74 Å². The second-order valence-corrected chi connectivity index (χ2v) is 21.7. The molecule has 0 spiro atoms. The molecule has 0 aliphatic carbocycles. The molecule has 0 aliphatic heterocycles. The molecule has 410 valence electrons. The Hall–Kier alpha value is -1.40. The number of amides is 1. The van der Waals surface area contributed by atoms with Gasteiger partial charge in [-0.2, -0.15) is 0 Å². The van der Waals surface area contributed by atoms with Crippen LogP contribution in [0.2, 0.25) is 0 Å². The molecule has 0 saturated heterocycles. The van der Waals surface area contributed by atoms with E-state index in [-0.39, 0.29) is 18.5 Å². The fraction of sp³-hybridized carbons (Fsp3) is 0.937. The molecule has 0 bridgehead atoms. The van der Waals surface area contributed by atoms with Crippen molar-refractivity contribution in [2.45, 2.75) is 366 Å². The molecule has 3 N–H and O–H groups in total. The minimum Gasteiger partial charge on any atom is -0.466 e. The number of ether oxygens (including phenoxy) is 1. The SMILES string of the molecule is CCCCCCCC/C=C\CCCCCCCC(=O)OCCCCCCCCCCCCCCCCCCCCCCC(=O)NC(CO)C(O)CCCCCCCCCCCCCCCCCCC. The Morgan fingerprint density at radius 3 is 1.03 bits per heavy atom. The lowest BCUT2D eigenvalue weighted by Crippen LogP contribution is -2.45. The van der Waals surface area contributed by atoms with Gasteiger partial charge in [-0.25, -0.2) is 0 Å². The lowest BCUT2D eigenvalue weighted by atomic mass is 10.0. The van der Waals surface area contributed by atoms with E-state index in [0.29, 0.717) is 25.9 Å². The van der Waals surface area contributed by atoms with Gasteiger partial charge in [0, 0.05) is 12.8 Å². The molecule has 0 rings (SSSR count). The van der Waals surface area contributed by atoms with E-state index < -0.39 is 12.1 Å². The summed E-state index contributed by atoms with van der Waals surface area (Å²) >= 11 is 0. The maximum atomic E-state index is 12.5. The number of rotatable bonds is 59. The van der Waals surface area contributed by atoms with Crippen LogP contribution in [-0.4, -0.2) is 47.4 Å². The van der Waals surface area contributed by atoms with Crippen LogP contribution in [0.5, 0.6) is 0 Å². The first kappa shape index (κ1) is 67.6.